The number of fused-ring (bicyclic) bond motifs is 2. The SMILES string of the molecule is CC1(C)CC[C@@H]2[C@H]([C@H](c3ccc(C#N)cc3)c3cccc(F)c3)n3ncc(=O)c(O)c3C(=O)N21. The first-order chi connectivity index (χ1) is 16.2. The van der Waals surface area contributed by atoms with Crippen LogP contribution in [-0.4, -0.2) is 37.3 Å². The fraction of sp³-hybridized carbons (Fsp3) is 0.308. The number of carbonyl (C=O) groups is 1. The van der Waals surface area contributed by atoms with Gasteiger partial charge in [-0.05, 0) is 62.1 Å². The number of nitriles is 1. The van der Waals surface area contributed by atoms with Crippen LogP contribution in [0.3, 0.4) is 0 Å². The van der Waals surface area contributed by atoms with E-state index in [-0.39, 0.29) is 11.7 Å². The average molecular weight is 458 g/mol. The van der Waals surface area contributed by atoms with Gasteiger partial charge in [-0.3, -0.25) is 14.3 Å². The second kappa shape index (κ2) is 7.80. The van der Waals surface area contributed by atoms with Gasteiger partial charge in [0, 0.05) is 11.5 Å². The Morgan fingerprint density at radius 1 is 1.18 bits per heavy atom. The molecule has 0 saturated carbocycles. The number of rotatable bonds is 3. The maximum absolute atomic E-state index is 14.4. The Hall–Kier alpha value is -3.99. The minimum atomic E-state index is -0.727. The first kappa shape index (κ1) is 21.8. The van der Waals surface area contributed by atoms with E-state index in [2.05, 4.69) is 11.2 Å². The molecule has 1 saturated heterocycles. The van der Waals surface area contributed by atoms with Crippen LogP contribution in [-0.2, 0) is 0 Å². The predicted molar refractivity (Wildman–Crippen MR) is 122 cm³/mol. The number of halogens is 1. The lowest BCUT2D eigenvalue weighted by atomic mass is 9.79. The lowest BCUT2D eigenvalue weighted by Crippen LogP contribution is -2.56. The minimum Gasteiger partial charge on any atom is -0.502 e. The third-order valence-corrected chi connectivity index (χ3v) is 7.07. The molecule has 3 heterocycles. The number of carbonyl (C=O) groups excluding carboxylic acids is 1. The highest BCUT2D eigenvalue weighted by Gasteiger charge is 2.54. The maximum atomic E-state index is 14.4. The van der Waals surface area contributed by atoms with Crippen molar-refractivity contribution < 1.29 is 14.3 Å². The van der Waals surface area contributed by atoms with E-state index < -0.39 is 40.4 Å². The molecule has 0 bridgehead atoms. The molecule has 8 heteroatoms. The summed E-state index contributed by atoms with van der Waals surface area (Å²) in [4.78, 5) is 27.5. The van der Waals surface area contributed by atoms with E-state index in [1.807, 2.05) is 32.0 Å². The third kappa shape index (κ3) is 3.27. The molecule has 0 radical (unpaired) electrons. The van der Waals surface area contributed by atoms with Gasteiger partial charge in [0.1, 0.15) is 5.82 Å². The van der Waals surface area contributed by atoms with E-state index in [1.165, 1.54) is 16.8 Å². The average Bonchev–Trinajstić information content (AvgIpc) is 3.14. The van der Waals surface area contributed by atoms with Gasteiger partial charge in [0.2, 0.25) is 5.43 Å². The minimum absolute atomic E-state index is 0.154. The first-order valence-electron chi connectivity index (χ1n) is 11.1. The fourth-order valence-electron chi connectivity index (χ4n) is 5.52. The monoisotopic (exact) mass is 458 g/mol. The highest BCUT2D eigenvalue weighted by Crippen LogP contribution is 2.49. The molecule has 1 aromatic heterocycles. The van der Waals surface area contributed by atoms with Gasteiger partial charge >= 0.3 is 0 Å². The fourth-order valence-corrected chi connectivity index (χ4v) is 5.52. The van der Waals surface area contributed by atoms with Crippen molar-refractivity contribution in [3.63, 3.8) is 0 Å². The molecular formula is C26H23FN4O3. The van der Waals surface area contributed by atoms with Crippen molar-refractivity contribution in [2.45, 2.75) is 50.2 Å². The summed E-state index contributed by atoms with van der Waals surface area (Å²) in [6, 6.07) is 14.6. The number of hydrogen-bond acceptors (Lipinski definition) is 5. The van der Waals surface area contributed by atoms with Gasteiger partial charge in [0.25, 0.3) is 5.91 Å². The maximum Gasteiger partial charge on any atom is 0.276 e. The standard InChI is InChI=1S/C26H23FN4O3/c1-26(2)11-10-19-22(31-23(25(34)30(19)26)24(33)20(32)14-29-31)21(17-4-3-5-18(27)12-17)16-8-6-15(13-28)7-9-16/h3-9,12,14,19,21-22,33H,10-11H2,1-2H3/t19-,21-,22-/m1/s1. The number of nitrogens with zero attached hydrogens (tertiary/aromatic N) is 4. The Morgan fingerprint density at radius 2 is 1.91 bits per heavy atom. The van der Waals surface area contributed by atoms with Crippen molar-refractivity contribution in [1.29, 1.82) is 5.26 Å². The van der Waals surface area contributed by atoms with Gasteiger partial charge in [-0.15, -0.1) is 0 Å². The summed E-state index contributed by atoms with van der Waals surface area (Å²) in [5.74, 6) is -1.94. The molecule has 7 nitrogen and oxygen atoms in total. The van der Waals surface area contributed by atoms with Crippen LogP contribution in [0.15, 0.2) is 59.5 Å². The van der Waals surface area contributed by atoms with Crippen LogP contribution >= 0.6 is 0 Å². The first-order valence-corrected chi connectivity index (χ1v) is 11.1. The van der Waals surface area contributed by atoms with Gasteiger partial charge in [0.15, 0.2) is 11.4 Å². The zero-order chi connectivity index (χ0) is 24.2. The molecule has 3 atom stereocenters. The van der Waals surface area contributed by atoms with Crippen molar-refractivity contribution in [3.05, 3.63) is 93.2 Å². The van der Waals surface area contributed by atoms with E-state index in [0.717, 1.165) is 18.2 Å². The molecule has 0 unspecified atom stereocenters. The molecule has 34 heavy (non-hydrogen) atoms. The summed E-state index contributed by atoms with van der Waals surface area (Å²) in [6.07, 6.45) is 2.42. The van der Waals surface area contributed by atoms with Crippen LogP contribution in [0.5, 0.6) is 5.75 Å². The lowest BCUT2D eigenvalue weighted by Gasteiger charge is -2.46. The Balaban J connectivity index is 1.80. The Morgan fingerprint density at radius 3 is 2.59 bits per heavy atom. The highest BCUT2D eigenvalue weighted by molar-refractivity contribution is 5.96. The van der Waals surface area contributed by atoms with Crippen molar-refractivity contribution >= 4 is 5.91 Å². The van der Waals surface area contributed by atoms with E-state index in [9.17, 15) is 24.3 Å². The molecule has 0 aliphatic carbocycles. The number of benzene rings is 2. The van der Waals surface area contributed by atoms with Crippen LogP contribution in [0.25, 0.3) is 0 Å². The molecular weight excluding hydrogens is 435 g/mol. The molecule has 5 rings (SSSR count). The smallest absolute Gasteiger partial charge is 0.276 e. The topological polar surface area (TPSA) is 99.2 Å². The van der Waals surface area contributed by atoms with E-state index in [1.54, 1.807) is 23.1 Å². The molecule has 1 amide bonds. The molecule has 1 fully saturated rings. The second-order valence-corrected chi connectivity index (χ2v) is 9.50. The lowest BCUT2D eigenvalue weighted by molar-refractivity contribution is 0.0347. The Bertz CT molecular complexity index is 1390. The summed E-state index contributed by atoms with van der Waals surface area (Å²) in [5.41, 5.74) is 0.581. The summed E-state index contributed by atoms with van der Waals surface area (Å²) < 4.78 is 15.8. The molecule has 2 aliphatic heterocycles. The molecule has 172 valence electrons. The number of hydrogen-bond donors (Lipinski definition) is 1. The van der Waals surface area contributed by atoms with Crippen molar-refractivity contribution in [2.75, 3.05) is 0 Å². The van der Waals surface area contributed by atoms with Crippen molar-refractivity contribution in [3.8, 4) is 11.8 Å². The van der Waals surface area contributed by atoms with Gasteiger partial charge in [-0.1, -0.05) is 24.3 Å². The van der Waals surface area contributed by atoms with Gasteiger partial charge in [-0.25, -0.2) is 4.39 Å². The van der Waals surface area contributed by atoms with E-state index in [0.29, 0.717) is 17.5 Å². The summed E-state index contributed by atoms with van der Waals surface area (Å²) >= 11 is 0. The van der Waals surface area contributed by atoms with E-state index >= 15 is 0 Å². The molecule has 2 aliphatic rings. The van der Waals surface area contributed by atoms with Gasteiger partial charge in [0.05, 0.1) is 29.9 Å². The predicted octanol–water partition coefficient (Wildman–Crippen LogP) is 3.73. The number of aromatic hydroxyl groups is 1. The third-order valence-electron chi connectivity index (χ3n) is 7.07. The van der Waals surface area contributed by atoms with Crippen molar-refractivity contribution in [1.82, 2.24) is 14.7 Å². The summed E-state index contributed by atoms with van der Waals surface area (Å²) in [6.45, 7) is 3.92. The van der Waals surface area contributed by atoms with Crippen molar-refractivity contribution in [2.24, 2.45) is 0 Å². The van der Waals surface area contributed by atoms with Gasteiger partial charge in [-0.2, -0.15) is 10.4 Å². The van der Waals surface area contributed by atoms with E-state index in [4.69, 9.17) is 0 Å². The molecule has 1 N–H and O–H groups in total. The molecule has 3 aromatic rings. The quantitative estimate of drug-likeness (QED) is 0.645. The zero-order valence-corrected chi connectivity index (χ0v) is 18.8. The van der Waals surface area contributed by atoms with Crippen LogP contribution in [0.1, 0.15) is 65.8 Å². The largest absolute Gasteiger partial charge is 0.502 e. The normalized spacial score (nSPS) is 21.5. The summed E-state index contributed by atoms with van der Waals surface area (Å²) in [7, 11) is 0. The Labute approximate surface area is 195 Å². The van der Waals surface area contributed by atoms with Crippen LogP contribution < -0.4 is 5.43 Å². The van der Waals surface area contributed by atoms with Crippen LogP contribution in [0.2, 0.25) is 0 Å². The number of amides is 1. The molecule has 2 aromatic carbocycles. The zero-order valence-electron chi connectivity index (χ0n) is 18.8. The Kier molecular flexibility index (Phi) is 5.01. The summed E-state index contributed by atoms with van der Waals surface area (Å²) in [5, 5.41) is 24.2. The molecule has 0 spiro atoms. The van der Waals surface area contributed by atoms with Gasteiger partial charge < -0.3 is 10.0 Å². The second-order valence-electron chi connectivity index (χ2n) is 9.50. The van der Waals surface area contributed by atoms with Crippen LogP contribution in [0.4, 0.5) is 4.39 Å². The highest BCUT2D eigenvalue weighted by atomic mass is 19.1. The number of aromatic nitrogens is 2. The van der Waals surface area contributed by atoms with Crippen LogP contribution in [0, 0.1) is 17.1 Å².